The first-order valence-corrected chi connectivity index (χ1v) is 12.3. The highest BCUT2D eigenvalue weighted by molar-refractivity contribution is 7.99. The van der Waals surface area contributed by atoms with Crippen molar-refractivity contribution in [2.24, 2.45) is 5.92 Å². The van der Waals surface area contributed by atoms with Gasteiger partial charge in [0.15, 0.2) is 0 Å². The lowest BCUT2D eigenvalue weighted by atomic mass is 10.0. The van der Waals surface area contributed by atoms with E-state index in [9.17, 15) is 14.4 Å². The first-order chi connectivity index (χ1) is 15.3. The largest absolute Gasteiger partial charge is 0.369 e. The van der Waals surface area contributed by atoms with Crippen LogP contribution in [0, 0.1) is 5.92 Å². The number of carbonyl (C=O) groups is 3. The summed E-state index contributed by atoms with van der Waals surface area (Å²) < 4.78 is 0. The lowest BCUT2D eigenvalue weighted by Gasteiger charge is -2.27. The number of rotatable bonds is 2. The zero-order chi connectivity index (χ0) is 23.1. The molecule has 1 fully saturated rings. The van der Waals surface area contributed by atoms with Crippen LogP contribution >= 0.6 is 11.8 Å². The summed E-state index contributed by atoms with van der Waals surface area (Å²) in [4.78, 5) is 49.1. The van der Waals surface area contributed by atoms with Gasteiger partial charge in [0, 0.05) is 62.3 Å². The van der Waals surface area contributed by atoms with Gasteiger partial charge < -0.3 is 26.2 Å². The van der Waals surface area contributed by atoms with Gasteiger partial charge in [-0.25, -0.2) is 4.98 Å². The minimum atomic E-state index is -0.711. The van der Waals surface area contributed by atoms with Gasteiger partial charge in [-0.1, -0.05) is 13.8 Å². The molecule has 0 aromatic carbocycles. The molecule has 0 unspecified atom stereocenters. The van der Waals surface area contributed by atoms with Gasteiger partial charge in [0.05, 0.1) is 0 Å². The van der Waals surface area contributed by atoms with E-state index in [4.69, 9.17) is 4.98 Å². The summed E-state index contributed by atoms with van der Waals surface area (Å²) in [5.74, 6) is 2.40. The van der Waals surface area contributed by atoms with Crippen molar-refractivity contribution in [1.82, 2.24) is 25.9 Å². The molecule has 0 spiro atoms. The average molecular weight is 464 g/mol. The topological polar surface area (TPSA) is 128 Å². The number of nitrogens with one attached hydrogen (secondary N) is 4. The van der Waals surface area contributed by atoms with Gasteiger partial charge in [-0.05, 0) is 12.8 Å². The molecule has 1 aromatic rings. The second-order valence-electron chi connectivity index (χ2n) is 8.38. The lowest BCUT2D eigenvalue weighted by molar-refractivity contribution is -0.132. The number of carbonyl (C=O) groups excluding carboxylic acids is 3. The van der Waals surface area contributed by atoms with Crippen LogP contribution < -0.4 is 26.2 Å². The summed E-state index contributed by atoms with van der Waals surface area (Å²) in [6.07, 6.45) is 0.732. The van der Waals surface area contributed by atoms with Crippen LogP contribution in [0.1, 0.15) is 32.9 Å². The Morgan fingerprint density at radius 3 is 2.44 bits per heavy atom. The van der Waals surface area contributed by atoms with Crippen molar-refractivity contribution in [3.05, 3.63) is 11.8 Å². The molecule has 0 radical (unpaired) electrons. The van der Waals surface area contributed by atoms with Crippen molar-refractivity contribution in [2.45, 2.75) is 45.7 Å². The molecular formula is C21H33N7O3S. The Hall–Kier alpha value is -2.56. The lowest BCUT2D eigenvalue weighted by Crippen LogP contribution is -2.54. The highest BCUT2D eigenvalue weighted by atomic mass is 32.2. The van der Waals surface area contributed by atoms with Crippen LogP contribution in [0.15, 0.2) is 6.07 Å². The summed E-state index contributed by atoms with van der Waals surface area (Å²) in [7, 11) is 0. The van der Waals surface area contributed by atoms with Crippen molar-refractivity contribution in [1.29, 1.82) is 0 Å². The van der Waals surface area contributed by atoms with E-state index in [-0.39, 0.29) is 30.1 Å². The van der Waals surface area contributed by atoms with E-state index in [1.165, 1.54) is 0 Å². The molecule has 3 rings (SSSR count). The number of anilines is 2. The van der Waals surface area contributed by atoms with E-state index in [0.29, 0.717) is 31.3 Å². The van der Waals surface area contributed by atoms with Gasteiger partial charge >= 0.3 is 0 Å². The summed E-state index contributed by atoms with van der Waals surface area (Å²) in [6, 6.07) is 0.442. The van der Waals surface area contributed by atoms with Crippen molar-refractivity contribution >= 4 is 41.2 Å². The average Bonchev–Trinajstić information content (AvgIpc) is 2.77. The predicted octanol–water partition coefficient (Wildman–Crippen LogP) is 0.150. The van der Waals surface area contributed by atoms with Crippen molar-refractivity contribution in [2.75, 3.05) is 47.9 Å². The highest BCUT2D eigenvalue weighted by Gasteiger charge is 2.27. The standard InChI is InChI=1S/C21H33N7O3S/c1-13(2)18-20(31)24-14(3)19(30)23-6-4-15-12-16(22-7-5-17(29)27-18)26-21(25-15)28-8-10-32-11-9-28/h12-14,18H,4-11H2,1-3H3,(H,23,30)(H,24,31)(H,27,29)(H,22,25,26)/t14-,18+/m0/s1. The molecule has 3 heterocycles. The van der Waals surface area contributed by atoms with Crippen LogP contribution in [-0.2, 0) is 20.8 Å². The van der Waals surface area contributed by atoms with Crippen LogP contribution in [0.5, 0.6) is 0 Å². The minimum Gasteiger partial charge on any atom is -0.369 e. The highest BCUT2D eigenvalue weighted by Crippen LogP contribution is 2.19. The van der Waals surface area contributed by atoms with Crippen LogP contribution in [-0.4, -0.2) is 77.5 Å². The summed E-state index contributed by atoms with van der Waals surface area (Å²) >= 11 is 1.92. The number of amides is 3. The Labute approximate surface area is 193 Å². The maximum absolute atomic E-state index is 12.6. The van der Waals surface area contributed by atoms with E-state index < -0.39 is 12.1 Å². The van der Waals surface area contributed by atoms with Crippen molar-refractivity contribution < 1.29 is 14.4 Å². The van der Waals surface area contributed by atoms with Gasteiger partial charge in [0.1, 0.15) is 17.9 Å². The molecule has 2 atom stereocenters. The number of hydrogen-bond donors (Lipinski definition) is 4. The summed E-state index contributed by atoms with van der Waals surface area (Å²) in [5.41, 5.74) is 0.809. The third kappa shape index (κ3) is 6.72. The number of thioether (sulfide) groups is 1. The molecule has 0 saturated carbocycles. The second-order valence-corrected chi connectivity index (χ2v) is 9.61. The Morgan fingerprint density at radius 1 is 1.00 bits per heavy atom. The molecule has 2 aliphatic rings. The fourth-order valence-corrected chi connectivity index (χ4v) is 4.43. The minimum absolute atomic E-state index is 0.115. The third-order valence-electron chi connectivity index (χ3n) is 5.42. The quantitative estimate of drug-likeness (QED) is 0.488. The molecule has 176 valence electrons. The number of fused-ring (bicyclic) bond motifs is 2. The van der Waals surface area contributed by atoms with Crippen molar-refractivity contribution in [3.8, 4) is 0 Å². The number of hydrogen-bond acceptors (Lipinski definition) is 8. The van der Waals surface area contributed by atoms with Crippen molar-refractivity contribution in [3.63, 3.8) is 0 Å². The normalized spacial score (nSPS) is 23.8. The van der Waals surface area contributed by atoms with E-state index in [1.54, 1.807) is 6.92 Å². The monoisotopic (exact) mass is 463 g/mol. The molecule has 10 nitrogen and oxygen atoms in total. The van der Waals surface area contributed by atoms with E-state index in [2.05, 4.69) is 31.2 Å². The zero-order valence-electron chi connectivity index (χ0n) is 18.9. The molecule has 1 saturated heterocycles. The fraction of sp³-hybridized carbons (Fsp3) is 0.667. The van der Waals surface area contributed by atoms with Crippen LogP contribution in [0.3, 0.4) is 0 Å². The molecule has 0 aliphatic carbocycles. The van der Waals surface area contributed by atoms with E-state index >= 15 is 0 Å². The molecule has 1 aromatic heterocycles. The molecule has 11 heteroatoms. The molecule has 2 aliphatic heterocycles. The third-order valence-corrected chi connectivity index (χ3v) is 6.36. The Morgan fingerprint density at radius 2 is 1.72 bits per heavy atom. The molecular weight excluding hydrogens is 430 g/mol. The summed E-state index contributed by atoms with van der Waals surface area (Å²) in [5, 5.41) is 11.6. The Kier molecular flexibility index (Phi) is 8.54. The van der Waals surface area contributed by atoms with E-state index in [1.807, 2.05) is 31.7 Å². The van der Waals surface area contributed by atoms with Gasteiger partial charge in [0.25, 0.3) is 0 Å². The molecule has 32 heavy (non-hydrogen) atoms. The first kappa shape index (κ1) is 24.1. The fourth-order valence-electron chi connectivity index (χ4n) is 3.53. The number of nitrogens with zero attached hydrogens (tertiary/aromatic N) is 3. The molecule has 2 bridgehead atoms. The van der Waals surface area contributed by atoms with Gasteiger partial charge in [0.2, 0.25) is 23.7 Å². The van der Waals surface area contributed by atoms with Crippen LogP contribution in [0.4, 0.5) is 11.8 Å². The maximum atomic E-state index is 12.6. The van der Waals surface area contributed by atoms with Crippen LogP contribution in [0.2, 0.25) is 0 Å². The SMILES string of the molecule is CC(C)[C@H]1NC(=O)CCNc2cc(nc(N3CCSCC3)n2)CCNC(=O)[C@H](C)NC1=O. The van der Waals surface area contributed by atoms with Gasteiger partial charge in [-0.2, -0.15) is 16.7 Å². The number of aromatic nitrogens is 2. The molecule has 4 N–H and O–H groups in total. The predicted molar refractivity (Wildman–Crippen MR) is 126 cm³/mol. The molecule has 3 amide bonds. The Bertz CT molecular complexity index is 830. The van der Waals surface area contributed by atoms with E-state index in [0.717, 1.165) is 30.3 Å². The smallest absolute Gasteiger partial charge is 0.243 e. The van der Waals surface area contributed by atoms with Crippen LogP contribution in [0.25, 0.3) is 0 Å². The first-order valence-electron chi connectivity index (χ1n) is 11.2. The maximum Gasteiger partial charge on any atom is 0.243 e. The Balaban J connectivity index is 1.79. The second kappa shape index (κ2) is 11.3. The summed E-state index contributed by atoms with van der Waals surface area (Å²) in [6.45, 7) is 7.91. The zero-order valence-corrected chi connectivity index (χ0v) is 19.8. The van der Waals surface area contributed by atoms with Gasteiger partial charge in [-0.15, -0.1) is 0 Å². The van der Waals surface area contributed by atoms with Gasteiger partial charge in [-0.3, -0.25) is 14.4 Å².